The Bertz CT molecular complexity index is 1020. The summed E-state index contributed by atoms with van der Waals surface area (Å²) in [6, 6.07) is 11.5. The molecule has 9 heteroatoms. The zero-order valence-corrected chi connectivity index (χ0v) is 19.8. The van der Waals surface area contributed by atoms with Crippen molar-refractivity contribution in [2.24, 2.45) is 5.92 Å². The Morgan fingerprint density at radius 3 is 2.47 bits per heavy atom. The standard InChI is InChI=1S/C23H28ClFN2O4S/c1-3-31-19-9-7-17(8-10-19)16(2)26-23(28)18-11-13-27(14-12-18)32(29,30)15-20-21(24)5-4-6-22(20)25/h4-10,16,18H,3,11-15H2,1-2H3,(H,26,28)/t16-/m0/s1. The summed E-state index contributed by atoms with van der Waals surface area (Å²) < 4.78 is 46.3. The van der Waals surface area contributed by atoms with Crippen LogP contribution in [0.15, 0.2) is 42.5 Å². The van der Waals surface area contributed by atoms with Gasteiger partial charge >= 0.3 is 0 Å². The second kappa shape index (κ2) is 10.6. The van der Waals surface area contributed by atoms with Gasteiger partial charge in [0.25, 0.3) is 0 Å². The van der Waals surface area contributed by atoms with Crippen LogP contribution in [0.5, 0.6) is 5.75 Å². The Morgan fingerprint density at radius 1 is 1.22 bits per heavy atom. The van der Waals surface area contributed by atoms with E-state index in [0.29, 0.717) is 19.4 Å². The molecule has 3 rings (SSSR count). The Morgan fingerprint density at radius 2 is 1.88 bits per heavy atom. The first kappa shape index (κ1) is 24.5. The quantitative estimate of drug-likeness (QED) is 0.608. The van der Waals surface area contributed by atoms with Gasteiger partial charge in [-0.25, -0.2) is 17.1 Å². The number of hydrogen-bond acceptors (Lipinski definition) is 4. The number of nitrogens with zero attached hydrogens (tertiary/aromatic N) is 1. The van der Waals surface area contributed by atoms with Crippen LogP contribution in [0.3, 0.4) is 0 Å². The van der Waals surface area contributed by atoms with Gasteiger partial charge in [-0.2, -0.15) is 0 Å². The number of rotatable bonds is 8. The maximum absolute atomic E-state index is 14.0. The Hall–Kier alpha value is -2.16. The highest BCUT2D eigenvalue weighted by Gasteiger charge is 2.32. The van der Waals surface area contributed by atoms with Crippen LogP contribution in [0, 0.1) is 11.7 Å². The van der Waals surface area contributed by atoms with Gasteiger partial charge in [0.05, 0.1) is 18.4 Å². The van der Waals surface area contributed by atoms with Crippen molar-refractivity contribution in [2.75, 3.05) is 19.7 Å². The number of hydrogen-bond donors (Lipinski definition) is 1. The van der Waals surface area contributed by atoms with E-state index in [1.54, 1.807) is 0 Å². The maximum Gasteiger partial charge on any atom is 0.223 e. The summed E-state index contributed by atoms with van der Waals surface area (Å²) in [6.45, 7) is 4.84. The van der Waals surface area contributed by atoms with E-state index in [4.69, 9.17) is 16.3 Å². The number of sulfonamides is 1. The van der Waals surface area contributed by atoms with Gasteiger partial charge in [-0.1, -0.05) is 29.8 Å². The van der Waals surface area contributed by atoms with Crippen molar-refractivity contribution in [3.05, 3.63) is 64.4 Å². The number of ether oxygens (including phenoxy) is 1. The fraction of sp³-hybridized carbons (Fsp3) is 0.435. The molecule has 1 N–H and O–H groups in total. The first-order chi connectivity index (χ1) is 15.2. The van der Waals surface area contributed by atoms with Gasteiger partial charge in [0.15, 0.2) is 0 Å². The largest absolute Gasteiger partial charge is 0.494 e. The van der Waals surface area contributed by atoms with Gasteiger partial charge in [-0.3, -0.25) is 4.79 Å². The highest BCUT2D eigenvalue weighted by Crippen LogP contribution is 2.26. The van der Waals surface area contributed by atoms with Crippen LogP contribution in [0.1, 0.15) is 43.9 Å². The van der Waals surface area contributed by atoms with Crippen LogP contribution in [0.2, 0.25) is 5.02 Å². The van der Waals surface area contributed by atoms with Crippen molar-refractivity contribution in [1.29, 1.82) is 0 Å². The van der Waals surface area contributed by atoms with E-state index in [2.05, 4.69) is 5.32 Å². The number of nitrogens with one attached hydrogen (secondary N) is 1. The van der Waals surface area contributed by atoms with Crippen molar-refractivity contribution in [3.8, 4) is 5.75 Å². The average molecular weight is 483 g/mol. The first-order valence-electron chi connectivity index (χ1n) is 10.6. The molecule has 0 saturated carbocycles. The van der Waals surface area contributed by atoms with E-state index in [1.165, 1.54) is 22.5 Å². The Kier molecular flexibility index (Phi) is 8.14. The average Bonchev–Trinajstić information content (AvgIpc) is 2.77. The van der Waals surface area contributed by atoms with Crippen LogP contribution in [-0.2, 0) is 20.6 Å². The third-order valence-corrected chi connectivity index (χ3v) is 7.82. The predicted molar refractivity (Wildman–Crippen MR) is 122 cm³/mol. The fourth-order valence-corrected chi connectivity index (χ4v) is 5.69. The molecule has 0 spiro atoms. The molecule has 1 saturated heterocycles. The fourth-order valence-electron chi connectivity index (χ4n) is 3.77. The summed E-state index contributed by atoms with van der Waals surface area (Å²) in [4.78, 5) is 12.7. The van der Waals surface area contributed by atoms with Crippen LogP contribution in [0.25, 0.3) is 0 Å². The van der Waals surface area contributed by atoms with E-state index in [-0.39, 0.29) is 41.5 Å². The highest BCUT2D eigenvalue weighted by molar-refractivity contribution is 7.88. The minimum absolute atomic E-state index is 0.0294. The third kappa shape index (κ3) is 5.99. The summed E-state index contributed by atoms with van der Waals surface area (Å²) in [7, 11) is -3.74. The van der Waals surface area contributed by atoms with Gasteiger partial charge in [0.1, 0.15) is 11.6 Å². The van der Waals surface area contributed by atoms with E-state index in [0.717, 1.165) is 11.3 Å². The molecular weight excluding hydrogens is 455 g/mol. The van der Waals surface area contributed by atoms with Crippen molar-refractivity contribution in [1.82, 2.24) is 9.62 Å². The van der Waals surface area contributed by atoms with E-state index < -0.39 is 21.6 Å². The topological polar surface area (TPSA) is 75.7 Å². The SMILES string of the molecule is CCOc1ccc([C@H](C)NC(=O)C2CCN(S(=O)(=O)Cc3c(F)cccc3Cl)CC2)cc1. The van der Waals surface area contributed by atoms with Gasteiger partial charge < -0.3 is 10.1 Å². The molecule has 1 aliphatic rings. The molecular formula is C23H28ClFN2O4S. The van der Waals surface area contributed by atoms with Gasteiger partial charge in [-0.05, 0) is 56.5 Å². The molecule has 32 heavy (non-hydrogen) atoms. The van der Waals surface area contributed by atoms with Crippen LogP contribution < -0.4 is 10.1 Å². The second-order valence-corrected chi connectivity index (χ2v) is 10.2. The zero-order chi connectivity index (χ0) is 23.3. The van der Waals surface area contributed by atoms with E-state index >= 15 is 0 Å². The third-order valence-electron chi connectivity index (χ3n) is 5.66. The molecule has 1 fully saturated rings. The predicted octanol–water partition coefficient (Wildman–Crippen LogP) is 4.30. The number of benzene rings is 2. The molecule has 1 heterocycles. The molecule has 0 radical (unpaired) electrons. The molecule has 6 nitrogen and oxygen atoms in total. The van der Waals surface area contributed by atoms with E-state index in [9.17, 15) is 17.6 Å². The van der Waals surface area contributed by atoms with Crippen LogP contribution in [0.4, 0.5) is 4.39 Å². The van der Waals surface area contributed by atoms with Crippen molar-refractivity contribution < 1.29 is 22.3 Å². The molecule has 2 aromatic carbocycles. The molecule has 1 atom stereocenters. The smallest absolute Gasteiger partial charge is 0.223 e. The zero-order valence-electron chi connectivity index (χ0n) is 18.2. The summed E-state index contributed by atoms with van der Waals surface area (Å²) in [5.74, 6) is -0.729. The number of halogens is 2. The molecule has 0 unspecified atom stereocenters. The lowest BCUT2D eigenvalue weighted by atomic mass is 9.96. The van der Waals surface area contributed by atoms with E-state index in [1.807, 2.05) is 38.1 Å². The van der Waals surface area contributed by atoms with Crippen molar-refractivity contribution >= 4 is 27.5 Å². The Labute approximate surface area is 193 Å². The van der Waals surface area contributed by atoms with Crippen molar-refractivity contribution in [2.45, 2.75) is 38.5 Å². The minimum Gasteiger partial charge on any atom is -0.494 e. The highest BCUT2D eigenvalue weighted by atomic mass is 35.5. The monoisotopic (exact) mass is 482 g/mol. The molecule has 0 aromatic heterocycles. The number of amides is 1. The molecule has 0 aliphatic carbocycles. The Balaban J connectivity index is 1.54. The van der Waals surface area contributed by atoms with Crippen LogP contribution >= 0.6 is 11.6 Å². The lowest BCUT2D eigenvalue weighted by Crippen LogP contribution is -2.43. The van der Waals surface area contributed by atoms with Gasteiger partial charge in [0.2, 0.25) is 15.9 Å². The number of carbonyl (C=O) groups excluding carboxylic acids is 1. The molecule has 2 aromatic rings. The molecule has 1 aliphatic heterocycles. The summed E-state index contributed by atoms with van der Waals surface area (Å²) >= 11 is 5.98. The lowest BCUT2D eigenvalue weighted by Gasteiger charge is -2.31. The normalized spacial score (nSPS) is 16.5. The molecule has 0 bridgehead atoms. The minimum atomic E-state index is -3.74. The van der Waals surface area contributed by atoms with Gasteiger partial charge in [0, 0.05) is 29.6 Å². The maximum atomic E-state index is 14.0. The van der Waals surface area contributed by atoms with Gasteiger partial charge in [-0.15, -0.1) is 0 Å². The molecule has 174 valence electrons. The number of carbonyl (C=O) groups is 1. The number of piperidine rings is 1. The molecule has 1 amide bonds. The summed E-state index contributed by atoms with van der Waals surface area (Å²) in [5.41, 5.74) is 0.932. The first-order valence-corrected chi connectivity index (χ1v) is 12.6. The lowest BCUT2D eigenvalue weighted by molar-refractivity contribution is -0.126. The summed E-state index contributed by atoms with van der Waals surface area (Å²) in [5, 5.41) is 3.10. The summed E-state index contributed by atoms with van der Waals surface area (Å²) in [6.07, 6.45) is 0.818. The van der Waals surface area contributed by atoms with Crippen molar-refractivity contribution in [3.63, 3.8) is 0 Å². The van der Waals surface area contributed by atoms with Crippen LogP contribution in [-0.4, -0.2) is 38.3 Å². The second-order valence-electron chi connectivity index (χ2n) is 7.86.